The Bertz CT molecular complexity index is 430. The maximum atomic E-state index is 7.49. The first-order valence-corrected chi connectivity index (χ1v) is 5.11. The van der Waals surface area contributed by atoms with E-state index in [9.17, 15) is 0 Å². The van der Waals surface area contributed by atoms with Crippen molar-refractivity contribution in [1.82, 2.24) is 0 Å². The van der Waals surface area contributed by atoms with Gasteiger partial charge in [0.1, 0.15) is 7.13 Å². The van der Waals surface area contributed by atoms with Crippen molar-refractivity contribution in [2.75, 3.05) is 0 Å². The van der Waals surface area contributed by atoms with Gasteiger partial charge in [0, 0.05) is 5.38 Å². The van der Waals surface area contributed by atoms with E-state index in [1.54, 1.807) is 6.08 Å². The van der Waals surface area contributed by atoms with Gasteiger partial charge < -0.3 is 4.74 Å². The van der Waals surface area contributed by atoms with Crippen molar-refractivity contribution >= 4 is 11.6 Å². The van der Waals surface area contributed by atoms with E-state index in [-0.39, 0.29) is 17.7 Å². The van der Waals surface area contributed by atoms with Crippen LogP contribution < -0.4 is 0 Å². The molecule has 1 unspecified atom stereocenters. The molecule has 0 fully saturated rings. The molecule has 14 heavy (non-hydrogen) atoms. The van der Waals surface area contributed by atoms with Crippen molar-refractivity contribution in [2.24, 2.45) is 0 Å². The zero-order valence-corrected chi connectivity index (χ0v) is 8.77. The summed E-state index contributed by atoms with van der Waals surface area (Å²) in [6.45, 7) is 1.95. The molecule has 1 heterocycles. The van der Waals surface area contributed by atoms with Crippen molar-refractivity contribution in [3.63, 3.8) is 0 Å². The highest BCUT2D eigenvalue weighted by Gasteiger charge is 2.14. The van der Waals surface area contributed by atoms with Crippen LogP contribution in [0.15, 0.2) is 47.4 Å². The number of hydrogen-bond donors (Lipinski definition) is 0. The van der Waals surface area contributed by atoms with Crippen LogP contribution in [-0.2, 0) is 4.74 Å². The van der Waals surface area contributed by atoms with E-state index in [0.717, 1.165) is 24.0 Å². The van der Waals surface area contributed by atoms with Crippen LogP contribution in [0.25, 0.3) is 0 Å². The number of ether oxygens (including phenoxy) is 1. The molecule has 2 heteroatoms. The Morgan fingerprint density at radius 3 is 3.36 bits per heavy atom. The summed E-state index contributed by atoms with van der Waals surface area (Å²) in [5.41, 5.74) is 2.10. The third-order valence-electron chi connectivity index (χ3n) is 2.20. The first kappa shape index (κ1) is 7.36. The highest BCUT2D eigenvalue weighted by molar-refractivity contribution is 6.20. The Morgan fingerprint density at radius 1 is 1.71 bits per heavy atom. The van der Waals surface area contributed by atoms with Crippen LogP contribution >= 0.6 is 11.6 Å². The molecular formula is C12H13ClO. The van der Waals surface area contributed by atoms with Crippen molar-refractivity contribution in [3.05, 3.63) is 47.4 Å². The van der Waals surface area contributed by atoms with Gasteiger partial charge in [0.2, 0.25) is 0 Å². The van der Waals surface area contributed by atoms with Gasteiger partial charge in [0.05, 0.1) is 7.61 Å². The molecule has 2 rings (SSSR count). The summed E-state index contributed by atoms with van der Waals surface area (Å²) < 4.78 is 20.2. The fraction of sp³-hybridized carbons (Fsp3) is 0.333. The molecule has 0 N–H and O–H groups in total. The minimum Gasteiger partial charge on any atom is -0.465 e. The van der Waals surface area contributed by atoms with E-state index in [4.69, 9.17) is 19.1 Å². The van der Waals surface area contributed by atoms with Gasteiger partial charge in [0.25, 0.3) is 0 Å². The molecule has 1 atom stereocenters. The van der Waals surface area contributed by atoms with Crippen LogP contribution in [0.5, 0.6) is 0 Å². The summed E-state index contributed by atoms with van der Waals surface area (Å²) in [5, 5.41) is 0.0926. The first-order valence-electron chi connectivity index (χ1n) is 5.67. The molecule has 1 aliphatic heterocycles. The average Bonchev–Trinajstić information content (AvgIpc) is 2.19. The summed E-state index contributed by atoms with van der Waals surface area (Å²) in [4.78, 5) is 0. The summed E-state index contributed by atoms with van der Waals surface area (Å²) in [6, 6.07) is 0.134. The van der Waals surface area contributed by atoms with E-state index in [2.05, 4.69) is 6.08 Å². The lowest BCUT2D eigenvalue weighted by molar-refractivity contribution is 0.353. The highest BCUT2D eigenvalue weighted by atomic mass is 35.5. The minimum atomic E-state index is -0.0878. The molecule has 0 amide bonds. The lowest BCUT2D eigenvalue weighted by atomic mass is 9.96. The van der Waals surface area contributed by atoms with Crippen LogP contribution in [0.1, 0.15) is 22.5 Å². The molecule has 0 radical (unpaired) electrons. The third-order valence-corrected chi connectivity index (χ3v) is 2.35. The zero-order chi connectivity index (χ0) is 11.7. The van der Waals surface area contributed by atoms with Gasteiger partial charge in [-0.3, -0.25) is 0 Å². The number of fused-ring (bicyclic) bond motifs is 1. The third kappa shape index (κ3) is 2.10. The van der Waals surface area contributed by atoms with Crippen molar-refractivity contribution in [3.8, 4) is 0 Å². The minimum absolute atomic E-state index is 0.0878. The van der Waals surface area contributed by atoms with Gasteiger partial charge in [-0.05, 0) is 43.0 Å². The standard InChI is InChI=1S/C12H13ClO/c1-9(13)7-10-4-5-11-3-2-6-14-12(11)8-10/h2-4,6,8-9H,5,7H2,1H3/i2D,6D. The molecule has 1 nitrogen and oxygen atoms in total. The fourth-order valence-corrected chi connectivity index (χ4v) is 1.73. The molecule has 0 aromatic carbocycles. The molecule has 2 aliphatic rings. The predicted octanol–water partition coefficient (Wildman–Crippen LogP) is 3.69. The summed E-state index contributed by atoms with van der Waals surface area (Å²) in [7, 11) is 0. The topological polar surface area (TPSA) is 9.23 Å². The van der Waals surface area contributed by atoms with Crippen LogP contribution in [0, 0.1) is 0 Å². The second-order valence-electron chi connectivity index (χ2n) is 3.49. The van der Waals surface area contributed by atoms with Gasteiger partial charge >= 0.3 is 0 Å². The van der Waals surface area contributed by atoms with E-state index in [1.165, 1.54) is 0 Å². The Hall–Kier alpha value is -0.950. The van der Waals surface area contributed by atoms with Gasteiger partial charge in [-0.1, -0.05) is 12.2 Å². The maximum Gasteiger partial charge on any atom is 0.130 e. The number of rotatable bonds is 2. The molecule has 0 saturated heterocycles. The second kappa shape index (κ2) is 4.05. The highest BCUT2D eigenvalue weighted by Crippen LogP contribution is 2.29. The lowest BCUT2D eigenvalue weighted by Gasteiger charge is -2.18. The van der Waals surface area contributed by atoms with Gasteiger partial charge in [0.15, 0.2) is 0 Å². The number of hydrogen-bond acceptors (Lipinski definition) is 1. The second-order valence-corrected chi connectivity index (χ2v) is 4.24. The Balaban J connectivity index is 2.20. The molecule has 0 bridgehead atoms. The van der Waals surface area contributed by atoms with Crippen molar-refractivity contribution < 1.29 is 7.48 Å². The predicted molar refractivity (Wildman–Crippen MR) is 59.0 cm³/mol. The van der Waals surface area contributed by atoms with Gasteiger partial charge in [-0.2, -0.15) is 0 Å². The first-order chi connectivity index (χ1) is 7.56. The quantitative estimate of drug-likeness (QED) is 0.632. The molecule has 0 spiro atoms. The normalized spacial score (nSPS) is 24.9. The Kier molecular flexibility index (Phi) is 2.13. The maximum absolute atomic E-state index is 7.49. The lowest BCUT2D eigenvalue weighted by Crippen LogP contribution is -2.03. The Morgan fingerprint density at radius 2 is 2.57 bits per heavy atom. The summed E-state index contributed by atoms with van der Waals surface area (Å²) >= 11 is 5.94. The van der Waals surface area contributed by atoms with E-state index in [1.807, 2.05) is 13.0 Å². The zero-order valence-electron chi connectivity index (χ0n) is 10.0. The van der Waals surface area contributed by atoms with Crippen LogP contribution in [0.2, 0.25) is 0 Å². The molecule has 1 aliphatic carbocycles. The van der Waals surface area contributed by atoms with E-state index < -0.39 is 0 Å². The molecule has 0 aromatic rings. The van der Waals surface area contributed by atoms with Crippen LogP contribution in [-0.4, -0.2) is 5.38 Å². The molecule has 0 saturated carbocycles. The number of halogens is 1. The summed E-state index contributed by atoms with van der Waals surface area (Å²) in [5.74, 6) is 0.691. The number of alkyl halides is 1. The van der Waals surface area contributed by atoms with Crippen LogP contribution in [0.3, 0.4) is 0 Å². The largest absolute Gasteiger partial charge is 0.465 e. The van der Waals surface area contributed by atoms with Crippen molar-refractivity contribution in [2.45, 2.75) is 25.1 Å². The molecule has 74 valence electrons. The van der Waals surface area contributed by atoms with E-state index in [0.29, 0.717) is 5.76 Å². The monoisotopic (exact) mass is 210 g/mol. The van der Waals surface area contributed by atoms with Crippen LogP contribution in [0.4, 0.5) is 0 Å². The number of allylic oxidation sites excluding steroid dienone is 6. The Labute approximate surface area is 92.2 Å². The van der Waals surface area contributed by atoms with Crippen molar-refractivity contribution in [1.29, 1.82) is 0 Å². The molecule has 0 aromatic heterocycles. The fourth-order valence-electron chi connectivity index (χ4n) is 1.55. The van der Waals surface area contributed by atoms with Gasteiger partial charge in [-0.25, -0.2) is 0 Å². The van der Waals surface area contributed by atoms with E-state index >= 15 is 0 Å². The summed E-state index contributed by atoms with van der Waals surface area (Å²) in [6.07, 6.45) is 7.16. The van der Waals surface area contributed by atoms with Gasteiger partial charge in [-0.15, -0.1) is 11.6 Å². The smallest absolute Gasteiger partial charge is 0.130 e. The SMILES string of the molecule is [2H]C1=C([2H])OC2=CC(CC(C)Cl)=CCC2=C1. The average molecular weight is 211 g/mol. The molecular weight excluding hydrogens is 196 g/mol.